The Kier molecular flexibility index (Phi) is 5.78. The van der Waals surface area contributed by atoms with Crippen molar-refractivity contribution in [2.45, 2.75) is 51.0 Å². The van der Waals surface area contributed by atoms with Crippen LogP contribution in [0.5, 0.6) is 0 Å². The van der Waals surface area contributed by atoms with Gasteiger partial charge in [0.1, 0.15) is 0 Å². The molecule has 0 heterocycles. The molecule has 4 nitrogen and oxygen atoms in total. The maximum absolute atomic E-state index is 12.0. The van der Waals surface area contributed by atoms with Gasteiger partial charge in [-0.2, -0.15) is 0 Å². The highest BCUT2D eigenvalue weighted by Gasteiger charge is 2.23. The van der Waals surface area contributed by atoms with Crippen LogP contribution in [0.4, 0.5) is 0 Å². The highest BCUT2D eigenvalue weighted by Crippen LogP contribution is 2.18. The van der Waals surface area contributed by atoms with Crippen molar-refractivity contribution in [1.82, 2.24) is 5.32 Å². The monoisotopic (exact) mass is 289 g/mol. The lowest BCUT2D eigenvalue weighted by molar-refractivity contribution is -0.144. The zero-order chi connectivity index (χ0) is 15.1. The molecular formula is C17H23NO3. The summed E-state index contributed by atoms with van der Waals surface area (Å²) in [6, 6.07) is 9.70. The summed E-state index contributed by atoms with van der Waals surface area (Å²) in [7, 11) is 0. The van der Waals surface area contributed by atoms with Gasteiger partial charge in [0.05, 0.1) is 5.92 Å². The van der Waals surface area contributed by atoms with Crippen LogP contribution in [-0.4, -0.2) is 23.0 Å². The SMILES string of the molecule is O=C(C[C@H](Cc1ccccc1)C(=O)O)NC1CCCCC1. The Morgan fingerprint density at radius 1 is 1.14 bits per heavy atom. The molecule has 1 amide bonds. The summed E-state index contributed by atoms with van der Waals surface area (Å²) < 4.78 is 0. The summed E-state index contributed by atoms with van der Waals surface area (Å²) in [4.78, 5) is 23.4. The normalized spacial score (nSPS) is 17.1. The molecule has 114 valence electrons. The van der Waals surface area contributed by atoms with Crippen LogP contribution >= 0.6 is 0 Å². The van der Waals surface area contributed by atoms with E-state index in [4.69, 9.17) is 0 Å². The van der Waals surface area contributed by atoms with E-state index in [1.807, 2.05) is 30.3 Å². The summed E-state index contributed by atoms with van der Waals surface area (Å²) >= 11 is 0. The number of benzene rings is 1. The van der Waals surface area contributed by atoms with Crippen LogP contribution in [-0.2, 0) is 16.0 Å². The molecule has 1 fully saturated rings. The van der Waals surface area contributed by atoms with Gasteiger partial charge in [-0.1, -0.05) is 49.6 Å². The van der Waals surface area contributed by atoms with Gasteiger partial charge in [0.15, 0.2) is 0 Å². The highest BCUT2D eigenvalue weighted by molar-refractivity contribution is 5.82. The lowest BCUT2D eigenvalue weighted by Crippen LogP contribution is -2.38. The smallest absolute Gasteiger partial charge is 0.307 e. The molecule has 1 atom stereocenters. The van der Waals surface area contributed by atoms with Gasteiger partial charge in [0.25, 0.3) is 0 Å². The van der Waals surface area contributed by atoms with Gasteiger partial charge >= 0.3 is 5.97 Å². The minimum atomic E-state index is -0.905. The fourth-order valence-electron chi connectivity index (χ4n) is 2.90. The maximum atomic E-state index is 12.0. The van der Waals surface area contributed by atoms with Crippen molar-refractivity contribution < 1.29 is 14.7 Å². The van der Waals surface area contributed by atoms with Gasteiger partial charge < -0.3 is 10.4 Å². The van der Waals surface area contributed by atoms with Gasteiger partial charge in [0, 0.05) is 12.5 Å². The van der Waals surface area contributed by atoms with Crippen molar-refractivity contribution in [2.24, 2.45) is 5.92 Å². The molecule has 0 aromatic heterocycles. The van der Waals surface area contributed by atoms with Gasteiger partial charge in [-0.3, -0.25) is 9.59 Å². The molecule has 21 heavy (non-hydrogen) atoms. The van der Waals surface area contributed by atoms with Crippen molar-refractivity contribution in [3.8, 4) is 0 Å². The van der Waals surface area contributed by atoms with E-state index in [1.54, 1.807) is 0 Å². The van der Waals surface area contributed by atoms with Crippen LogP contribution in [0.1, 0.15) is 44.1 Å². The number of carbonyl (C=O) groups excluding carboxylic acids is 1. The average Bonchev–Trinajstić information content (AvgIpc) is 2.48. The molecule has 2 N–H and O–H groups in total. The largest absolute Gasteiger partial charge is 0.481 e. The molecule has 0 aliphatic heterocycles. The van der Waals surface area contributed by atoms with E-state index in [1.165, 1.54) is 6.42 Å². The van der Waals surface area contributed by atoms with Crippen LogP contribution in [0.3, 0.4) is 0 Å². The number of rotatable bonds is 6. The zero-order valence-electron chi connectivity index (χ0n) is 12.3. The third kappa shape index (κ3) is 5.21. The molecular weight excluding hydrogens is 266 g/mol. The molecule has 1 saturated carbocycles. The minimum absolute atomic E-state index is 0.0563. The molecule has 0 spiro atoms. The quantitative estimate of drug-likeness (QED) is 0.846. The predicted molar refractivity (Wildman–Crippen MR) is 80.9 cm³/mol. The van der Waals surface area contributed by atoms with E-state index in [0.717, 1.165) is 31.2 Å². The lowest BCUT2D eigenvalue weighted by Gasteiger charge is -2.23. The molecule has 1 aromatic carbocycles. The fraction of sp³-hybridized carbons (Fsp3) is 0.529. The number of nitrogens with one attached hydrogen (secondary N) is 1. The van der Waals surface area contributed by atoms with E-state index in [2.05, 4.69) is 5.32 Å². The zero-order valence-corrected chi connectivity index (χ0v) is 12.3. The molecule has 0 saturated heterocycles. The number of carbonyl (C=O) groups is 2. The van der Waals surface area contributed by atoms with Gasteiger partial charge in [-0.05, 0) is 24.8 Å². The molecule has 1 aliphatic rings. The van der Waals surface area contributed by atoms with Crippen LogP contribution in [0, 0.1) is 5.92 Å². The van der Waals surface area contributed by atoms with E-state index in [-0.39, 0.29) is 18.4 Å². The minimum Gasteiger partial charge on any atom is -0.481 e. The predicted octanol–water partition coefficient (Wildman–Crippen LogP) is 2.77. The molecule has 1 aliphatic carbocycles. The standard InChI is InChI=1S/C17H23NO3/c19-16(18-15-9-5-2-6-10-15)12-14(17(20)21)11-13-7-3-1-4-8-13/h1,3-4,7-8,14-15H,2,5-6,9-12H2,(H,18,19)(H,20,21)/t14-/m0/s1. The number of hydrogen-bond donors (Lipinski definition) is 2. The van der Waals surface area contributed by atoms with E-state index in [9.17, 15) is 14.7 Å². The van der Waals surface area contributed by atoms with E-state index >= 15 is 0 Å². The Bertz CT molecular complexity index is 466. The van der Waals surface area contributed by atoms with Crippen LogP contribution < -0.4 is 5.32 Å². The first-order chi connectivity index (χ1) is 10.1. The molecule has 0 radical (unpaired) electrons. The molecule has 1 aromatic rings. The number of hydrogen-bond acceptors (Lipinski definition) is 2. The first-order valence-electron chi connectivity index (χ1n) is 7.71. The molecule has 0 unspecified atom stereocenters. The Hall–Kier alpha value is -1.84. The molecule has 4 heteroatoms. The van der Waals surface area contributed by atoms with Crippen LogP contribution in [0.2, 0.25) is 0 Å². The Balaban J connectivity index is 1.86. The summed E-state index contributed by atoms with van der Waals surface area (Å²) in [5.41, 5.74) is 0.954. The number of amides is 1. The first kappa shape index (κ1) is 15.5. The second-order valence-corrected chi connectivity index (χ2v) is 5.83. The van der Waals surface area contributed by atoms with Crippen molar-refractivity contribution in [3.05, 3.63) is 35.9 Å². The second kappa shape index (κ2) is 7.81. The summed E-state index contributed by atoms with van der Waals surface area (Å²) in [5.74, 6) is -1.70. The van der Waals surface area contributed by atoms with Crippen molar-refractivity contribution in [2.75, 3.05) is 0 Å². The number of aliphatic carboxylic acids is 1. The van der Waals surface area contributed by atoms with Crippen molar-refractivity contribution >= 4 is 11.9 Å². The number of carboxylic acids is 1. The topological polar surface area (TPSA) is 66.4 Å². The van der Waals surface area contributed by atoms with E-state index < -0.39 is 11.9 Å². The van der Waals surface area contributed by atoms with Crippen molar-refractivity contribution in [3.63, 3.8) is 0 Å². The Morgan fingerprint density at radius 2 is 1.81 bits per heavy atom. The average molecular weight is 289 g/mol. The maximum Gasteiger partial charge on any atom is 0.307 e. The Morgan fingerprint density at radius 3 is 2.43 bits per heavy atom. The third-order valence-corrected chi connectivity index (χ3v) is 4.08. The number of carboxylic acid groups (broad SMARTS) is 1. The van der Waals surface area contributed by atoms with Gasteiger partial charge in [-0.15, -0.1) is 0 Å². The molecule has 0 bridgehead atoms. The first-order valence-corrected chi connectivity index (χ1v) is 7.71. The summed E-state index contributed by atoms with van der Waals surface area (Å²) in [6.45, 7) is 0. The Labute approximate surface area is 125 Å². The van der Waals surface area contributed by atoms with E-state index in [0.29, 0.717) is 6.42 Å². The second-order valence-electron chi connectivity index (χ2n) is 5.83. The fourth-order valence-corrected chi connectivity index (χ4v) is 2.90. The summed E-state index contributed by atoms with van der Waals surface area (Å²) in [5, 5.41) is 12.3. The van der Waals surface area contributed by atoms with Crippen LogP contribution in [0.25, 0.3) is 0 Å². The van der Waals surface area contributed by atoms with Crippen LogP contribution in [0.15, 0.2) is 30.3 Å². The third-order valence-electron chi connectivity index (χ3n) is 4.08. The molecule has 2 rings (SSSR count). The van der Waals surface area contributed by atoms with Crippen molar-refractivity contribution in [1.29, 1.82) is 0 Å². The van der Waals surface area contributed by atoms with Gasteiger partial charge in [-0.25, -0.2) is 0 Å². The lowest BCUT2D eigenvalue weighted by atomic mass is 9.93. The summed E-state index contributed by atoms with van der Waals surface area (Å²) in [6.07, 6.45) is 6.02. The van der Waals surface area contributed by atoms with Gasteiger partial charge in [0.2, 0.25) is 5.91 Å². The highest BCUT2D eigenvalue weighted by atomic mass is 16.4.